The van der Waals surface area contributed by atoms with Crippen LogP contribution in [0, 0.1) is 23.3 Å². The van der Waals surface area contributed by atoms with Gasteiger partial charge in [-0.1, -0.05) is 0 Å². The first-order valence-electron chi connectivity index (χ1n) is 8.89. The number of hydrogen-bond donors (Lipinski definition) is 2. The van der Waals surface area contributed by atoms with Gasteiger partial charge in [0.2, 0.25) is 11.8 Å². The van der Waals surface area contributed by atoms with Crippen molar-refractivity contribution in [1.82, 2.24) is 10.9 Å². The van der Waals surface area contributed by atoms with Gasteiger partial charge in [-0.2, -0.15) is 10.2 Å². The number of benzene rings is 2. The summed E-state index contributed by atoms with van der Waals surface area (Å²) in [6.45, 7) is 0. The molecule has 158 valence electrons. The highest BCUT2D eigenvalue weighted by Gasteiger charge is 2.05. The van der Waals surface area contributed by atoms with E-state index in [9.17, 15) is 27.2 Å². The Labute approximate surface area is 169 Å². The zero-order valence-electron chi connectivity index (χ0n) is 15.7. The van der Waals surface area contributed by atoms with Gasteiger partial charge in [0.1, 0.15) is 23.3 Å². The molecule has 2 aromatic rings. The van der Waals surface area contributed by atoms with Crippen molar-refractivity contribution < 1.29 is 27.2 Å². The highest BCUT2D eigenvalue weighted by Crippen LogP contribution is 2.08. The van der Waals surface area contributed by atoms with Gasteiger partial charge in [0.15, 0.2) is 0 Å². The zero-order valence-corrected chi connectivity index (χ0v) is 15.7. The first-order chi connectivity index (χ1) is 14.3. The van der Waals surface area contributed by atoms with E-state index < -0.39 is 35.1 Å². The largest absolute Gasteiger partial charge is 0.273 e. The maximum absolute atomic E-state index is 13.4. The van der Waals surface area contributed by atoms with Gasteiger partial charge in [-0.05, 0) is 37.1 Å². The Balaban J connectivity index is 1.63. The van der Waals surface area contributed by atoms with Crippen molar-refractivity contribution in [2.24, 2.45) is 10.2 Å². The Morgan fingerprint density at radius 2 is 1.13 bits per heavy atom. The number of hydrazone groups is 2. The molecule has 0 fully saturated rings. The third-order valence-electron chi connectivity index (χ3n) is 3.77. The summed E-state index contributed by atoms with van der Waals surface area (Å²) in [5, 5.41) is 7.18. The van der Waals surface area contributed by atoms with Crippen molar-refractivity contribution in [2.75, 3.05) is 0 Å². The normalized spacial score (nSPS) is 11.2. The Morgan fingerprint density at radius 1 is 0.733 bits per heavy atom. The minimum Gasteiger partial charge on any atom is -0.273 e. The molecule has 0 aliphatic carbocycles. The lowest BCUT2D eigenvalue weighted by Gasteiger charge is -2.01. The van der Waals surface area contributed by atoms with Crippen LogP contribution in [0.4, 0.5) is 17.6 Å². The maximum atomic E-state index is 13.4. The van der Waals surface area contributed by atoms with E-state index in [1.807, 2.05) is 0 Å². The molecular formula is C20H18F4N4O2. The van der Waals surface area contributed by atoms with Gasteiger partial charge in [0, 0.05) is 36.1 Å². The van der Waals surface area contributed by atoms with E-state index in [1.54, 1.807) is 0 Å². The summed E-state index contributed by atoms with van der Waals surface area (Å²) in [6, 6.07) is 5.91. The second-order valence-electron chi connectivity index (χ2n) is 6.13. The highest BCUT2D eigenvalue weighted by atomic mass is 19.1. The van der Waals surface area contributed by atoms with Crippen molar-refractivity contribution in [2.45, 2.75) is 25.7 Å². The average Bonchev–Trinajstić information content (AvgIpc) is 2.68. The molecule has 2 aromatic carbocycles. The summed E-state index contributed by atoms with van der Waals surface area (Å²) in [5.41, 5.74) is 4.46. The second kappa shape index (κ2) is 11.4. The van der Waals surface area contributed by atoms with Crippen LogP contribution in [-0.2, 0) is 9.59 Å². The molecule has 0 aromatic heterocycles. The van der Waals surface area contributed by atoms with Crippen molar-refractivity contribution in [1.29, 1.82) is 0 Å². The van der Waals surface area contributed by atoms with E-state index in [0.717, 1.165) is 24.6 Å². The molecule has 0 unspecified atom stereocenters. The molecule has 0 bridgehead atoms. The molecule has 2 N–H and O–H groups in total. The van der Waals surface area contributed by atoms with Crippen LogP contribution in [0.3, 0.4) is 0 Å². The zero-order chi connectivity index (χ0) is 21.9. The van der Waals surface area contributed by atoms with Crippen LogP contribution in [-0.4, -0.2) is 24.2 Å². The number of rotatable bonds is 9. The SMILES string of the molecule is O=C(CCCCC(=O)N/N=C\c1ccc(F)cc1F)N/N=C\c1ccc(F)cc1F. The van der Waals surface area contributed by atoms with Gasteiger partial charge in [-0.15, -0.1) is 0 Å². The van der Waals surface area contributed by atoms with Gasteiger partial charge in [0.05, 0.1) is 12.4 Å². The molecule has 0 atom stereocenters. The fourth-order valence-corrected chi connectivity index (χ4v) is 2.24. The van der Waals surface area contributed by atoms with E-state index in [2.05, 4.69) is 21.1 Å². The number of unbranched alkanes of at least 4 members (excludes halogenated alkanes) is 1. The summed E-state index contributed by atoms with van der Waals surface area (Å²) in [5.74, 6) is -3.90. The topological polar surface area (TPSA) is 82.9 Å². The van der Waals surface area contributed by atoms with Gasteiger partial charge in [-0.25, -0.2) is 28.4 Å². The molecular weight excluding hydrogens is 404 g/mol. The van der Waals surface area contributed by atoms with E-state index in [0.29, 0.717) is 25.0 Å². The van der Waals surface area contributed by atoms with Crippen molar-refractivity contribution in [3.63, 3.8) is 0 Å². The molecule has 30 heavy (non-hydrogen) atoms. The second-order valence-corrected chi connectivity index (χ2v) is 6.13. The van der Waals surface area contributed by atoms with Crippen molar-refractivity contribution >= 4 is 24.2 Å². The van der Waals surface area contributed by atoms with Crippen LogP contribution in [0.1, 0.15) is 36.8 Å². The van der Waals surface area contributed by atoms with Crippen LogP contribution in [0.25, 0.3) is 0 Å². The summed E-state index contributed by atoms with van der Waals surface area (Å²) >= 11 is 0. The van der Waals surface area contributed by atoms with Crippen molar-refractivity contribution in [3.8, 4) is 0 Å². The maximum Gasteiger partial charge on any atom is 0.240 e. The van der Waals surface area contributed by atoms with Crippen LogP contribution < -0.4 is 10.9 Å². The first kappa shape index (κ1) is 22.7. The molecule has 0 spiro atoms. The number of nitrogens with zero attached hydrogens (tertiary/aromatic N) is 2. The Bertz CT molecular complexity index is 886. The number of nitrogens with one attached hydrogen (secondary N) is 2. The smallest absolute Gasteiger partial charge is 0.240 e. The first-order valence-corrected chi connectivity index (χ1v) is 8.89. The standard InChI is InChI=1S/C20H18F4N4O2/c21-15-7-5-13(17(23)9-15)11-25-27-19(29)3-1-2-4-20(30)28-26-12-14-6-8-16(22)10-18(14)24/h5-12H,1-4H2,(H,27,29)(H,28,30)/b25-11-,26-12-. The Morgan fingerprint density at radius 3 is 1.50 bits per heavy atom. The molecule has 0 aliphatic rings. The van der Waals surface area contributed by atoms with Crippen LogP contribution in [0.5, 0.6) is 0 Å². The molecule has 2 rings (SSSR count). The Hall–Kier alpha value is -3.56. The van der Waals surface area contributed by atoms with Crippen molar-refractivity contribution in [3.05, 3.63) is 70.8 Å². The predicted octanol–water partition coefficient (Wildman–Crippen LogP) is 3.40. The van der Waals surface area contributed by atoms with Crippen LogP contribution in [0.15, 0.2) is 46.6 Å². The third kappa shape index (κ3) is 7.82. The van der Waals surface area contributed by atoms with Crippen LogP contribution in [0.2, 0.25) is 0 Å². The quantitative estimate of drug-likeness (QED) is 0.281. The average molecular weight is 422 g/mol. The lowest BCUT2D eigenvalue weighted by Crippen LogP contribution is -2.19. The van der Waals surface area contributed by atoms with E-state index in [1.165, 1.54) is 12.1 Å². The fraction of sp³-hybridized carbons (Fsp3) is 0.200. The molecule has 0 saturated heterocycles. The summed E-state index contributed by atoms with van der Waals surface area (Å²) < 4.78 is 52.4. The molecule has 10 heteroatoms. The number of carbonyl (C=O) groups is 2. The summed E-state index contributed by atoms with van der Waals surface area (Å²) in [6.07, 6.45) is 3.05. The van der Waals surface area contributed by atoms with E-state index >= 15 is 0 Å². The minimum absolute atomic E-state index is 0.0226. The number of amides is 2. The van der Waals surface area contributed by atoms with Crippen LogP contribution >= 0.6 is 0 Å². The fourth-order valence-electron chi connectivity index (χ4n) is 2.24. The van der Waals surface area contributed by atoms with Gasteiger partial charge in [-0.3, -0.25) is 9.59 Å². The molecule has 6 nitrogen and oxygen atoms in total. The number of halogens is 4. The molecule has 0 aliphatic heterocycles. The lowest BCUT2D eigenvalue weighted by atomic mass is 10.2. The lowest BCUT2D eigenvalue weighted by molar-refractivity contribution is -0.123. The van der Waals surface area contributed by atoms with E-state index in [4.69, 9.17) is 0 Å². The molecule has 0 heterocycles. The molecule has 2 amide bonds. The molecule has 0 saturated carbocycles. The monoisotopic (exact) mass is 422 g/mol. The van der Waals surface area contributed by atoms with E-state index in [-0.39, 0.29) is 24.0 Å². The van der Waals surface area contributed by atoms with Gasteiger partial charge < -0.3 is 0 Å². The summed E-state index contributed by atoms with van der Waals surface area (Å²) in [4.78, 5) is 23.3. The number of hydrogen-bond acceptors (Lipinski definition) is 4. The van der Waals surface area contributed by atoms with Gasteiger partial charge >= 0.3 is 0 Å². The Kier molecular flexibility index (Phi) is 8.67. The minimum atomic E-state index is -0.802. The summed E-state index contributed by atoms with van der Waals surface area (Å²) in [7, 11) is 0. The number of carbonyl (C=O) groups excluding carboxylic acids is 2. The highest BCUT2D eigenvalue weighted by molar-refractivity contribution is 5.83. The van der Waals surface area contributed by atoms with Gasteiger partial charge in [0.25, 0.3) is 0 Å². The third-order valence-corrected chi connectivity index (χ3v) is 3.77. The predicted molar refractivity (Wildman–Crippen MR) is 103 cm³/mol. The molecule has 0 radical (unpaired) electrons.